The Kier molecular flexibility index (Phi) is 2.35. The molecule has 0 spiro atoms. The number of pyridine rings is 1. The lowest BCUT2D eigenvalue weighted by atomic mass is 10.1. The zero-order valence-electron chi connectivity index (χ0n) is 8.63. The van der Waals surface area contributed by atoms with E-state index in [4.69, 9.17) is 23.2 Å². The highest BCUT2D eigenvalue weighted by Crippen LogP contribution is 2.29. The molecular formula is C13H7Cl2NO. The van der Waals surface area contributed by atoms with Gasteiger partial charge in [-0.05, 0) is 24.3 Å². The number of fused-ring (bicyclic) bond motifs is 3. The van der Waals surface area contributed by atoms with Crippen LogP contribution in [-0.2, 0) is 0 Å². The maximum atomic E-state index is 11.9. The van der Waals surface area contributed by atoms with Crippen molar-refractivity contribution in [3.05, 3.63) is 56.8 Å². The number of aromatic nitrogens is 1. The molecule has 4 heteroatoms. The summed E-state index contributed by atoms with van der Waals surface area (Å²) in [6.07, 6.45) is 0. The van der Waals surface area contributed by atoms with E-state index in [1.807, 2.05) is 6.07 Å². The predicted octanol–water partition coefficient (Wildman–Crippen LogP) is 3.99. The van der Waals surface area contributed by atoms with Gasteiger partial charge in [0.1, 0.15) is 0 Å². The van der Waals surface area contributed by atoms with Crippen LogP contribution in [0.3, 0.4) is 0 Å². The molecule has 17 heavy (non-hydrogen) atoms. The van der Waals surface area contributed by atoms with Gasteiger partial charge in [0.2, 0.25) is 0 Å². The molecule has 3 aromatic rings. The van der Waals surface area contributed by atoms with Crippen molar-refractivity contribution in [2.45, 2.75) is 0 Å². The maximum absolute atomic E-state index is 11.9. The highest BCUT2D eigenvalue weighted by Gasteiger charge is 2.08. The predicted molar refractivity (Wildman–Crippen MR) is 72.1 cm³/mol. The number of H-pyrrole nitrogens is 1. The normalized spacial score (nSPS) is 11.2. The van der Waals surface area contributed by atoms with Crippen LogP contribution >= 0.6 is 23.2 Å². The zero-order valence-corrected chi connectivity index (χ0v) is 10.1. The molecule has 1 aromatic heterocycles. The molecule has 0 saturated carbocycles. The summed E-state index contributed by atoms with van der Waals surface area (Å²) in [6.45, 7) is 0. The van der Waals surface area contributed by atoms with Gasteiger partial charge in [-0.1, -0.05) is 35.3 Å². The fourth-order valence-electron chi connectivity index (χ4n) is 2.01. The topological polar surface area (TPSA) is 32.9 Å². The third-order valence-corrected chi connectivity index (χ3v) is 3.31. The summed E-state index contributed by atoms with van der Waals surface area (Å²) in [5.41, 5.74) is 0.542. The summed E-state index contributed by atoms with van der Waals surface area (Å²) >= 11 is 12.1. The monoisotopic (exact) mass is 263 g/mol. The van der Waals surface area contributed by atoms with E-state index in [9.17, 15) is 4.79 Å². The van der Waals surface area contributed by atoms with Crippen molar-refractivity contribution >= 4 is 44.9 Å². The van der Waals surface area contributed by atoms with Crippen molar-refractivity contribution in [2.75, 3.05) is 0 Å². The van der Waals surface area contributed by atoms with Crippen LogP contribution in [0.25, 0.3) is 21.7 Å². The second-order valence-corrected chi connectivity index (χ2v) is 4.65. The van der Waals surface area contributed by atoms with Gasteiger partial charge in [0, 0.05) is 26.2 Å². The van der Waals surface area contributed by atoms with Gasteiger partial charge in [-0.25, -0.2) is 0 Å². The van der Waals surface area contributed by atoms with Gasteiger partial charge in [0.25, 0.3) is 5.56 Å². The van der Waals surface area contributed by atoms with E-state index in [0.717, 1.165) is 10.8 Å². The third-order valence-electron chi connectivity index (χ3n) is 2.76. The molecule has 3 rings (SSSR count). The number of hydrogen-bond acceptors (Lipinski definition) is 1. The van der Waals surface area contributed by atoms with Gasteiger partial charge in [-0.3, -0.25) is 4.79 Å². The molecule has 0 aliphatic heterocycles. The Morgan fingerprint density at radius 1 is 1.00 bits per heavy atom. The van der Waals surface area contributed by atoms with Crippen LogP contribution < -0.4 is 5.56 Å². The summed E-state index contributed by atoms with van der Waals surface area (Å²) < 4.78 is 0. The van der Waals surface area contributed by atoms with Crippen LogP contribution in [0, 0.1) is 0 Å². The summed E-state index contributed by atoms with van der Waals surface area (Å²) in [7, 11) is 0. The van der Waals surface area contributed by atoms with E-state index in [2.05, 4.69) is 4.98 Å². The first-order valence-electron chi connectivity index (χ1n) is 5.06. The first-order chi connectivity index (χ1) is 8.16. The first kappa shape index (κ1) is 10.6. The van der Waals surface area contributed by atoms with E-state index in [1.54, 1.807) is 30.3 Å². The number of rotatable bonds is 0. The lowest BCUT2D eigenvalue weighted by Gasteiger charge is -2.05. The van der Waals surface area contributed by atoms with Crippen LogP contribution in [0.5, 0.6) is 0 Å². The molecule has 0 bridgehead atoms. The fraction of sp³-hybridized carbons (Fsp3) is 0. The molecule has 0 fully saturated rings. The largest absolute Gasteiger partial charge is 0.321 e. The third kappa shape index (κ3) is 1.61. The van der Waals surface area contributed by atoms with Crippen LogP contribution in [0.1, 0.15) is 0 Å². The molecule has 2 aromatic carbocycles. The summed E-state index contributed by atoms with van der Waals surface area (Å²) in [6, 6.07) is 10.7. The van der Waals surface area contributed by atoms with Crippen molar-refractivity contribution in [2.24, 2.45) is 0 Å². The van der Waals surface area contributed by atoms with E-state index >= 15 is 0 Å². The van der Waals surface area contributed by atoms with Crippen molar-refractivity contribution in [1.29, 1.82) is 0 Å². The Morgan fingerprint density at radius 3 is 2.65 bits per heavy atom. The lowest BCUT2D eigenvalue weighted by molar-refractivity contribution is 1.34. The molecule has 0 saturated heterocycles. The molecule has 0 atom stereocenters. The average molecular weight is 264 g/mol. The van der Waals surface area contributed by atoms with Crippen LogP contribution in [0.4, 0.5) is 0 Å². The minimum Gasteiger partial charge on any atom is -0.321 e. The Hall–Kier alpha value is -1.51. The first-order valence-corrected chi connectivity index (χ1v) is 5.82. The van der Waals surface area contributed by atoms with Gasteiger partial charge in [-0.2, -0.15) is 0 Å². The number of hydrogen-bond donors (Lipinski definition) is 1. The van der Waals surface area contributed by atoms with E-state index < -0.39 is 0 Å². The molecule has 2 nitrogen and oxygen atoms in total. The molecule has 1 N–H and O–H groups in total. The molecule has 84 valence electrons. The van der Waals surface area contributed by atoms with E-state index in [1.165, 1.54) is 0 Å². The minimum atomic E-state index is -0.155. The second-order valence-electron chi connectivity index (χ2n) is 3.81. The average Bonchev–Trinajstić information content (AvgIpc) is 2.29. The molecule has 0 unspecified atom stereocenters. The SMILES string of the molecule is O=c1[nH]c2cc(Cl)ccc2c2c(Cl)cccc12. The number of aromatic amines is 1. The maximum Gasteiger partial charge on any atom is 0.256 e. The van der Waals surface area contributed by atoms with Gasteiger partial charge >= 0.3 is 0 Å². The molecular weight excluding hydrogens is 257 g/mol. The van der Waals surface area contributed by atoms with Gasteiger partial charge < -0.3 is 4.98 Å². The number of halogens is 2. The number of nitrogens with one attached hydrogen (secondary N) is 1. The highest BCUT2D eigenvalue weighted by atomic mass is 35.5. The lowest BCUT2D eigenvalue weighted by Crippen LogP contribution is -2.06. The Bertz CT molecular complexity index is 792. The quantitative estimate of drug-likeness (QED) is 0.612. The minimum absolute atomic E-state index is 0.155. The van der Waals surface area contributed by atoms with E-state index in [0.29, 0.717) is 20.9 Å². The Labute approximate surface area is 107 Å². The summed E-state index contributed by atoms with van der Waals surface area (Å²) in [4.78, 5) is 14.7. The zero-order chi connectivity index (χ0) is 12.0. The Morgan fingerprint density at radius 2 is 1.82 bits per heavy atom. The molecule has 0 amide bonds. The molecule has 1 heterocycles. The van der Waals surface area contributed by atoms with Crippen LogP contribution in [0.15, 0.2) is 41.2 Å². The second kappa shape index (κ2) is 3.76. The molecule has 0 aliphatic carbocycles. The van der Waals surface area contributed by atoms with Crippen molar-refractivity contribution in [3.63, 3.8) is 0 Å². The van der Waals surface area contributed by atoms with Gasteiger partial charge in [-0.15, -0.1) is 0 Å². The van der Waals surface area contributed by atoms with Gasteiger partial charge in [0.15, 0.2) is 0 Å². The van der Waals surface area contributed by atoms with Crippen LogP contribution in [-0.4, -0.2) is 4.98 Å². The summed E-state index contributed by atoms with van der Waals surface area (Å²) in [5, 5.41) is 3.41. The summed E-state index contributed by atoms with van der Waals surface area (Å²) in [5.74, 6) is 0. The van der Waals surface area contributed by atoms with Crippen LogP contribution in [0.2, 0.25) is 10.0 Å². The number of benzene rings is 2. The molecule has 0 aliphatic rings. The Balaban J connectivity index is 2.68. The van der Waals surface area contributed by atoms with E-state index in [-0.39, 0.29) is 5.56 Å². The van der Waals surface area contributed by atoms with Gasteiger partial charge in [0.05, 0.1) is 5.52 Å². The smallest absolute Gasteiger partial charge is 0.256 e. The fourth-order valence-corrected chi connectivity index (χ4v) is 2.46. The highest BCUT2D eigenvalue weighted by molar-refractivity contribution is 6.38. The van der Waals surface area contributed by atoms with Crippen molar-refractivity contribution < 1.29 is 0 Å². The van der Waals surface area contributed by atoms with Crippen molar-refractivity contribution in [3.8, 4) is 0 Å². The van der Waals surface area contributed by atoms with Crippen molar-refractivity contribution in [1.82, 2.24) is 4.98 Å². The standard InChI is InChI=1S/C13H7Cl2NO/c14-7-4-5-8-11(6-7)16-13(17)9-2-1-3-10(15)12(8)9/h1-6H,(H,16,17). The molecule has 0 radical (unpaired) electrons.